The molecule has 1 N–H and O–H groups in total. The molecule has 0 unspecified atom stereocenters. The molecule has 30 heavy (non-hydrogen) atoms. The van der Waals surface area contributed by atoms with E-state index in [4.69, 9.17) is 4.74 Å². The van der Waals surface area contributed by atoms with Crippen LogP contribution in [0.3, 0.4) is 0 Å². The fourth-order valence-electron chi connectivity index (χ4n) is 2.51. The predicted molar refractivity (Wildman–Crippen MR) is 106 cm³/mol. The normalized spacial score (nSPS) is 11.1. The Morgan fingerprint density at radius 3 is 2.73 bits per heavy atom. The van der Waals surface area contributed by atoms with E-state index in [0.717, 1.165) is 24.5 Å². The highest BCUT2D eigenvalue weighted by molar-refractivity contribution is 7.90. The Bertz CT molecular complexity index is 1180. The van der Waals surface area contributed by atoms with Crippen LogP contribution in [-0.2, 0) is 16.4 Å². The number of non-ortho nitro benzene ring substituents is 1. The van der Waals surface area contributed by atoms with Crippen LogP contribution in [-0.4, -0.2) is 46.9 Å². The van der Waals surface area contributed by atoms with Gasteiger partial charge in [-0.1, -0.05) is 6.07 Å². The molecule has 1 heterocycles. The minimum Gasteiger partial charge on any atom is -0.492 e. The third kappa shape index (κ3) is 5.38. The number of hydrogen-bond donors (Lipinski definition) is 1. The lowest BCUT2D eigenvalue weighted by molar-refractivity contribution is -0.385. The molecule has 0 aliphatic rings. The van der Waals surface area contributed by atoms with Gasteiger partial charge in [0, 0.05) is 35.7 Å². The molecule has 0 atom stereocenters. The maximum atomic E-state index is 12.6. The van der Waals surface area contributed by atoms with Gasteiger partial charge in [0.05, 0.1) is 16.4 Å². The molecule has 0 aliphatic carbocycles. The minimum atomic E-state index is -3.74. The first-order valence-electron chi connectivity index (χ1n) is 8.58. The monoisotopic (exact) mass is 431 g/mol. The number of nitro groups is 1. The number of nitro benzene ring substituents is 1. The highest BCUT2D eigenvalue weighted by atomic mass is 32.2. The van der Waals surface area contributed by atoms with Crippen LogP contribution in [0.4, 0.5) is 11.4 Å². The Morgan fingerprint density at radius 1 is 1.27 bits per heavy atom. The molecule has 0 spiro atoms. The van der Waals surface area contributed by atoms with E-state index in [1.807, 2.05) is 0 Å². The van der Waals surface area contributed by atoms with Crippen molar-refractivity contribution in [2.45, 2.75) is 11.4 Å². The van der Waals surface area contributed by atoms with Gasteiger partial charge in [0.2, 0.25) is 0 Å². The van der Waals surface area contributed by atoms with Crippen LogP contribution in [0.25, 0.3) is 0 Å². The second kappa shape index (κ2) is 8.69. The van der Waals surface area contributed by atoms with E-state index < -0.39 is 26.4 Å². The number of carbonyl (C=O) groups excluding carboxylic acids is 1. The first-order chi connectivity index (χ1) is 14.2. The average molecular weight is 431 g/mol. The number of benzene rings is 2. The molecule has 1 amide bonds. The fourth-order valence-corrected chi connectivity index (χ4v) is 3.18. The number of aromatic nitrogens is 3. The van der Waals surface area contributed by atoms with Gasteiger partial charge in [-0.15, -0.1) is 0 Å². The zero-order valence-corrected chi connectivity index (χ0v) is 16.6. The summed E-state index contributed by atoms with van der Waals surface area (Å²) in [6.45, 7) is 0.807. The quantitative estimate of drug-likeness (QED) is 0.420. The Hall–Kier alpha value is -3.80. The summed E-state index contributed by atoms with van der Waals surface area (Å²) in [4.78, 5) is 26.4. The van der Waals surface area contributed by atoms with Gasteiger partial charge in [-0.25, -0.2) is 18.1 Å². The predicted octanol–water partition coefficient (Wildman–Crippen LogP) is 1.92. The Balaban J connectivity index is 1.74. The van der Waals surface area contributed by atoms with E-state index in [2.05, 4.69) is 15.4 Å². The van der Waals surface area contributed by atoms with Crippen LogP contribution in [0.5, 0.6) is 5.75 Å². The van der Waals surface area contributed by atoms with Gasteiger partial charge in [0.1, 0.15) is 25.0 Å². The molecule has 0 fully saturated rings. The third-order valence-corrected chi connectivity index (χ3v) is 5.03. The standard InChI is InChI=1S/C18H17N5O6S/c1-30(27,28)17-8-13(7-15(10-17)23(25)26)18(24)21-14-3-2-4-16(9-14)29-6-5-22-12-19-11-20-22/h2-4,7-12H,5-6H2,1H3,(H,21,24). The molecule has 0 saturated carbocycles. The fraction of sp³-hybridized carbons (Fsp3) is 0.167. The van der Waals surface area contributed by atoms with Gasteiger partial charge < -0.3 is 10.1 Å². The highest BCUT2D eigenvalue weighted by Gasteiger charge is 2.19. The molecule has 1 aromatic heterocycles. The summed E-state index contributed by atoms with van der Waals surface area (Å²) in [6.07, 6.45) is 3.89. The van der Waals surface area contributed by atoms with Gasteiger partial charge >= 0.3 is 0 Å². The molecule has 3 aromatic rings. The lowest BCUT2D eigenvalue weighted by Gasteiger charge is -2.10. The van der Waals surface area contributed by atoms with Gasteiger partial charge in [-0.05, 0) is 18.2 Å². The van der Waals surface area contributed by atoms with E-state index >= 15 is 0 Å². The molecular weight excluding hydrogens is 414 g/mol. The van der Waals surface area contributed by atoms with Gasteiger partial charge in [0.15, 0.2) is 9.84 Å². The van der Waals surface area contributed by atoms with Crippen molar-refractivity contribution in [3.05, 3.63) is 70.8 Å². The Kier molecular flexibility index (Phi) is 6.06. The molecule has 156 valence electrons. The van der Waals surface area contributed by atoms with Crippen LogP contribution in [0, 0.1) is 10.1 Å². The van der Waals surface area contributed by atoms with Crippen LogP contribution in [0.15, 0.2) is 60.0 Å². The SMILES string of the molecule is CS(=O)(=O)c1cc(C(=O)Nc2cccc(OCCn3cncn3)c2)cc([N+](=O)[O-])c1. The van der Waals surface area contributed by atoms with Crippen LogP contribution < -0.4 is 10.1 Å². The third-order valence-electron chi connectivity index (χ3n) is 3.94. The molecule has 12 heteroatoms. The lowest BCUT2D eigenvalue weighted by Crippen LogP contribution is -2.14. The number of rotatable bonds is 8. The summed E-state index contributed by atoms with van der Waals surface area (Å²) in [5.41, 5.74) is -0.263. The van der Waals surface area contributed by atoms with Crippen molar-refractivity contribution in [1.29, 1.82) is 0 Å². The van der Waals surface area contributed by atoms with Crippen molar-refractivity contribution in [3.63, 3.8) is 0 Å². The zero-order chi connectivity index (χ0) is 21.7. The van der Waals surface area contributed by atoms with Gasteiger partial charge in [0.25, 0.3) is 11.6 Å². The summed E-state index contributed by atoms with van der Waals surface area (Å²) in [5, 5.41) is 17.6. The maximum Gasteiger partial charge on any atom is 0.271 e. The van der Waals surface area contributed by atoms with E-state index in [1.54, 1.807) is 35.3 Å². The Morgan fingerprint density at radius 2 is 2.07 bits per heavy atom. The number of carbonyl (C=O) groups is 1. The maximum absolute atomic E-state index is 12.6. The summed E-state index contributed by atoms with van der Waals surface area (Å²) in [6, 6.07) is 9.57. The molecule has 0 radical (unpaired) electrons. The second-order valence-corrected chi connectivity index (χ2v) is 8.25. The zero-order valence-electron chi connectivity index (χ0n) is 15.8. The van der Waals surface area contributed by atoms with Crippen molar-refractivity contribution in [3.8, 4) is 5.75 Å². The van der Waals surface area contributed by atoms with Crippen molar-refractivity contribution in [2.75, 3.05) is 18.2 Å². The van der Waals surface area contributed by atoms with Crippen molar-refractivity contribution in [1.82, 2.24) is 14.8 Å². The van der Waals surface area contributed by atoms with Gasteiger partial charge in [-0.3, -0.25) is 14.9 Å². The molecule has 0 saturated heterocycles. The van der Waals surface area contributed by atoms with E-state index in [-0.39, 0.29) is 10.5 Å². The molecular formula is C18H17N5O6S. The van der Waals surface area contributed by atoms with Crippen LogP contribution in [0.1, 0.15) is 10.4 Å². The number of nitrogens with zero attached hydrogens (tertiary/aromatic N) is 4. The number of ether oxygens (including phenoxy) is 1. The smallest absolute Gasteiger partial charge is 0.271 e. The van der Waals surface area contributed by atoms with E-state index in [9.17, 15) is 23.3 Å². The van der Waals surface area contributed by atoms with Crippen molar-refractivity contribution in [2.24, 2.45) is 0 Å². The molecule has 11 nitrogen and oxygen atoms in total. The van der Waals surface area contributed by atoms with Crippen molar-refractivity contribution >= 4 is 27.1 Å². The average Bonchev–Trinajstić information content (AvgIpc) is 3.20. The number of hydrogen-bond acceptors (Lipinski definition) is 8. The molecule has 0 bridgehead atoms. The van der Waals surface area contributed by atoms with Crippen LogP contribution in [0.2, 0.25) is 0 Å². The second-order valence-electron chi connectivity index (χ2n) is 6.23. The van der Waals surface area contributed by atoms with Crippen LogP contribution >= 0.6 is 0 Å². The number of amides is 1. The minimum absolute atomic E-state index is 0.151. The number of nitrogens with one attached hydrogen (secondary N) is 1. The lowest BCUT2D eigenvalue weighted by atomic mass is 10.2. The molecule has 0 aliphatic heterocycles. The number of sulfone groups is 1. The molecule has 3 rings (SSSR count). The largest absolute Gasteiger partial charge is 0.492 e. The summed E-state index contributed by atoms with van der Waals surface area (Å²) in [5.74, 6) is -0.202. The first kappa shape index (κ1) is 20.9. The van der Waals surface area contributed by atoms with Gasteiger partial charge in [-0.2, -0.15) is 5.10 Å². The topological polar surface area (TPSA) is 146 Å². The van der Waals surface area contributed by atoms with Crippen molar-refractivity contribution < 1.29 is 22.9 Å². The summed E-state index contributed by atoms with van der Waals surface area (Å²) < 4.78 is 30.8. The highest BCUT2D eigenvalue weighted by Crippen LogP contribution is 2.23. The summed E-state index contributed by atoms with van der Waals surface area (Å²) >= 11 is 0. The first-order valence-corrected chi connectivity index (χ1v) is 10.5. The molecule has 2 aromatic carbocycles. The summed E-state index contributed by atoms with van der Waals surface area (Å²) in [7, 11) is -3.74. The number of anilines is 1. The Labute approximate surface area is 171 Å². The van der Waals surface area contributed by atoms with E-state index in [1.165, 1.54) is 6.33 Å². The van der Waals surface area contributed by atoms with E-state index in [0.29, 0.717) is 24.6 Å².